The van der Waals surface area contributed by atoms with Gasteiger partial charge >= 0.3 is 0 Å². The molecule has 0 amide bonds. The summed E-state index contributed by atoms with van der Waals surface area (Å²) in [6.45, 7) is 0. The number of benzene rings is 4. The summed E-state index contributed by atoms with van der Waals surface area (Å²) >= 11 is 1.83. The second-order valence-corrected chi connectivity index (χ2v) is 10.4. The maximum Gasteiger partial charge on any atom is 0.162 e. The summed E-state index contributed by atoms with van der Waals surface area (Å²) in [6, 6.07) is 39.9. The molecule has 5 heteroatoms. The van der Waals surface area contributed by atoms with Crippen molar-refractivity contribution < 1.29 is 0 Å². The van der Waals surface area contributed by atoms with E-state index < -0.39 is 0 Å². The molecular formula is C33H20N4S. The molecule has 4 aromatic heterocycles. The van der Waals surface area contributed by atoms with E-state index in [1.807, 2.05) is 60.0 Å². The molecule has 4 aromatic carbocycles. The monoisotopic (exact) mass is 504 g/mol. The van der Waals surface area contributed by atoms with E-state index in [9.17, 15) is 0 Å². The number of nitrogens with zero attached hydrogens (tertiary/aromatic N) is 4. The van der Waals surface area contributed by atoms with Crippen molar-refractivity contribution in [1.82, 2.24) is 19.5 Å². The van der Waals surface area contributed by atoms with Gasteiger partial charge in [-0.05, 0) is 30.3 Å². The fraction of sp³-hybridized carbons (Fsp3) is 0. The van der Waals surface area contributed by atoms with E-state index in [1.165, 1.54) is 20.2 Å². The second-order valence-electron chi connectivity index (χ2n) is 9.34. The van der Waals surface area contributed by atoms with Gasteiger partial charge in [0.25, 0.3) is 0 Å². The van der Waals surface area contributed by atoms with Crippen LogP contribution >= 0.6 is 11.3 Å². The van der Waals surface area contributed by atoms with Gasteiger partial charge in [-0.15, -0.1) is 11.3 Å². The Morgan fingerprint density at radius 3 is 2.16 bits per heavy atom. The largest absolute Gasteiger partial charge is 0.292 e. The molecule has 0 N–H and O–H groups in total. The number of pyridine rings is 1. The summed E-state index contributed by atoms with van der Waals surface area (Å²) in [7, 11) is 0. The third-order valence-corrected chi connectivity index (χ3v) is 8.20. The van der Waals surface area contributed by atoms with Crippen molar-refractivity contribution in [3.05, 3.63) is 121 Å². The molecule has 0 radical (unpaired) electrons. The number of thiophene rings is 1. The minimum absolute atomic E-state index is 0.697. The Kier molecular flexibility index (Phi) is 4.66. The zero-order valence-corrected chi connectivity index (χ0v) is 21.1. The topological polar surface area (TPSA) is 43.6 Å². The van der Waals surface area contributed by atoms with Crippen molar-refractivity contribution in [1.29, 1.82) is 0 Å². The van der Waals surface area contributed by atoms with E-state index in [0.29, 0.717) is 5.82 Å². The summed E-state index contributed by atoms with van der Waals surface area (Å²) in [5.74, 6) is 1.52. The molecule has 0 saturated carbocycles. The summed E-state index contributed by atoms with van der Waals surface area (Å²) in [6.07, 6.45) is 1.87. The molecular weight excluding hydrogens is 484 g/mol. The first-order valence-electron chi connectivity index (χ1n) is 12.5. The summed E-state index contributed by atoms with van der Waals surface area (Å²) in [5, 5.41) is 3.65. The van der Waals surface area contributed by atoms with Crippen LogP contribution in [0.1, 0.15) is 0 Å². The SMILES string of the molecule is c1ccc(-c2cc(-n3c4cc5c(cc4c4ncccc43)sc3ccccc35)nc(-c3ccccc3)n2)cc1. The number of fused-ring (bicyclic) bond motifs is 6. The first kappa shape index (κ1) is 21.2. The normalized spacial score (nSPS) is 11.7. The zero-order chi connectivity index (χ0) is 25.1. The Bertz CT molecular complexity index is 2070. The second kappa shape index (κ2) is 8.33. The Morgan fingerprint density at radius 1 is 0.553 bits per heavy atom. The van der Waals surface area contributed by atoms with Crippen molar-refractivity contribution in [3.63, 3.8) is 0 Å². The average molecular weight is 505 g/mol. The highest BCUT2D eigenvalue weighted by molar-refractivity contribution is 7.25. The molecule has 0 aliphatic rings. The van der Waals surface area contributed by atoms with Crippen molar-refractivity contribution in [3.8, 4) is 28.5 Å². The van der Waals surface area contributed by atoms with Crippen molar-refractivity contribution in [2.75, 3.05) is 0 Å². The van der Waals surface area contributed by atoms with E-state index in [0.717, 1.165) is 44.6 Å². The average Bonchev–Trinajstić information content (AvgIpc) is 3.51. The molecule has 8 aromatic rings. The lowest BCUT2D eigenvalue weighted by Gasteiger charge is -2.12. The fourth-order valence-electron chi connectivity index (χ4n) is 5.32. The smallest absolute Gasteiger partial charge is 0.162 e. The zero-order valence-electron chi connectivity index (χ0n) is 20.2. The summed E-state index contributed by atoms with van der Waals surface area (Å²) < 4.78 is 4.80. The fourth-order valence-corrected chi connectivity index (χ4v) is 6.45. The summed E-state index contributed by atoms with van der Waals surface area (Å²) in [5.41, 5.74) is 6.01. The molecule has 0 atom stereocenters. The Labute approximate surface area is 222 Å². The van der Waals surface area contributed by atoms with Gasteiger partial charge in [-0.3, -0.25) is 9.55 Å². The minimum Gasteiger partial charge on any atom is -0.292 e. The predicted octanol–water partition coefficient (Wildman–Crippen LogP) is 8.67. The Hall–Kier alpha value is -4.87. The van der Waals surface area contributed by atoms with Gasteiger partial charge in [-0.25, -0.2) is 9.97 Å². The highest BCUT2D eigenvalue weighted by Gasteiger charge is 2.19. The van der Waals surface area contributed by atoms with Crippen molar-refractivity contribution in [2.24, 2.45) is 0 Å². The third-order valence-electron chi connectivity index (χ3n) is 7.06. The van der Waals surface area contributed by atoms with Crippen LogP contribution < -0.4 is 0 Å². The van der Waals surface area contributed by atoms with Gasteiger partial charge in [0.2, 0.25) is 0 Å². The molecule has 178 valence electrons. The number of rotatable bonds is 3. The highest BCUT2D eigenvalue weighted by Crippen LogP contribution is 2.40. The minimum atomic E-state index is 0.697. The number of aromatic nitrogens is 4. The first-order chi connectivity index (χ1) is 18.8. The Morgan fingerprint density at radius 2 is 1.32 bits per heavy atom. The van der Waals surface area contributed by atoms with Crippen LogP contribution in [-0.4, -0.2) is 19.5 Å². The molecule has 4 nitrogen and oxygen atoms in total. The van der Waals surface area contributed by atoms with Crippen LogP contribution in [0.5, 0.6) is 0 Å². The van der Waals surface area contributed by atoms with E-state index in [2.05, 4.69) is 77.4 Å². The van der Waals surface area contributed by atoms with E-state index in [4.69, 9.17) is 15.0 Å². The maximum atomic E-state index is 5.13. The van der Waals surface area contributed by atoms with Gasteiger partial charge in [-0.1, -0.05) is 78.9 Å². The van der Waals surface area contributed by atoms with Crippen LogP contribution in [0.2, 0.25) is 0 Å². The van der Waals surface area contributed by atoms with Crippen LogP contribution in [0, 0.1) is 0 Å². The van der Waals surface area contributed by atoms with E-state index in [1.54, 1.807) is 0 Å². The molecule has 0 fully saturated rings. The van der Waals surface area contributed by atoms with Gasteiger partial charge in [0.15, 0.2) is 5.82 Å². The lowest BCUT2D eigenvalue weighted by Crippen LogP contribution is -2.02. The van der Waals surface area contributed by atoms with Gasteiger partial charge in [0, 0.05) is 48.9 Å². The van der Waals surface area contributed by atoms with E-state index in [-0.39, 0.29) is 0 Å². The molecule has 0 unspecified atom stereocenters. The molecule has 0 spiro atoms. The molecule has 8 rings (SSSR count). The lowest BCUT2D eigenvalue weighted by atomic mass is 10.1. The van der Waals surface area contributed by atoms with Crippen LogP contribution in [0.3, 0.4) is 0 Å². The van der Waals surface area contributed by atoms with Gasteiger partial charge in [0.1, 0.15) is 5.82 Å². The maximum absolute atomic E-state index is 5.13. The third kappa shape index (κ3) is 3.26. The van der Waals surface area contributed by atoms with Gasteiger partial charge < -0.3 is 0 Å². The van der Waals surface area contributed by atoms with Crippen LogP contribution in [0.25, 0.3) is 70.6 Å². The van der Waals surface area contributed by atoms with Crippen molar-refractivity contribution in [2.45, 2.75) is 0 Å². The Balaban J connectivity index is 1.49. The van der Waals surface area contributed by atoms with Crippen LogP contribution in [0.4, 0.5) is 0 Å². The van der Waals surface area contributed by atoms with Crippen LogP contribution in [0.15, 0.2) is 121 Å². The number of hydrogen-bond donors (Lipinski definition) is 0. The first-order valence-corrected chi connectivity index (χ1v) is 13.4. The number of hydrogen-bond acceptors (Lipinski definition) is 4. The lowest BCUT2D eigenvalue weighted by molar-refractivity contribution is 1.05. The highest BCUT2D eigenvalue weighted by atomic mass is 32.1. The van der Waals surface area contributed by atoms with Crippen molar-refractivity contribution >= 4 is 53.4 Å². The molecule has 0 aliphatic heterocycles. The molecule has 0 bridgehead atoms. The van der Waals surface area contributed by atoms with E-state index >= 15 is 0 Å². The standard InChI is InChI=1S/C33H20N4S/c1-3-10-21(11-4-1)26-20-31(36-33(35-26)22-12-5-2-6-13-22)37-27-15-9-17-34-32(27)25-19-30-24(18-28(25)37)23-14-7-8-16-29(23)38-30/h1-20H. The summed E-state index contributed by atoms with van der Waals surface area (Å²) in [4.78, 5) is 14.9. The van der Waals surface area contributed by atoms with Gasteiger partial charge in [0.05, 0.1) is 22.2 Å². The molecule has 0 aliphatic carbocycles. The van der Waals surface area contributed by atoms with Crippen LogP contribution in [-0.2, 0) is 0 Å². The molecule has 0 saturated heterocycles. The predicted molar refractivity (Wildman–Crippen MR) is 158 cm³/mol. The van der Waals surface area contributed by atoms with Gasteiger partial charge in [-0.2, -0.15) is 0 Å². The molecule has 4 heterocycles. The quantitative estimate of drug-likeness (QED) is 0.242. The molecule has 38 heavy (non-hydrogen) atoms.